The number of likely N-dealkylation sites (tertiary alicyclic amines) is 1. The molecule has 19 heavy (non-hydrogen) atoms. The van der Waals surface area contributed by atoms with Gasteiger partial charge in [0, 0.05) is 31.6 Å². The highest BCUT2D eigenvalue weighted by molar-refractivity contribution is 5.78. The van der Waals surface area contributed by atoms with Crippen LogP contribution in [-0.4, -0.2) is 47.9 Å². The third-order valence-electron chi connectivity index (χ3n) is 4.14. The minimum atomic E-state index is 0.124. The number of carbonyl (C=O) groups excluding carboxylic acids is 1. The van der Waals surface area contributed by atoms with Crippen LogP contribution in [0.25, 0.3) is 0 Å². The molecular weight excluding hydrogens is 236 g/mol. The lowest BCUT2D eigenvalue weighted by atomic mass is 10.0. The first-order valence-electron chi connectivity index (χ1n) is 7.98. The highest BCUT2D eigenvalue weighted by Gasteiger charge is 2.27. The van der Waals surface area contributed by atoms with Gasteiger partial charge in [-0.15, -0.1) is 0 Å². The topological polar surface area (TPSA) is 23.6 Å². The van der Waals surface area contributed by atoms with Crippen molar-refractivity contribution >= 4 is 5.91 Å². The molecule has 1 aliphatic heterocycles. The lowest BCUT2D eigenvalue weighted by Crippen LogP contribution is -2.48. The van der Waals surface area contributed by atoms with E-state index in [1.54, 1.807) is 0 Å². The number of hydrogen-bond acceptors (Lipinski definition) is 2. The van der Waals surface area contributed by atoms with Gasteiger partial charge in [-0.1, -0.05) is 27.7 Å². The molecule has 1 heterocycles. The van der Waals surface area contributed by atoms with Crippen LogP contribution in [0.1, 0.15) is 53.9 Å². The van der Waals surface area contributed by atoms with E-state index in [0.717, 1.165) is 38.4 Å². The molecule has 1 aliphatic rings. The smallest absolute Gasteiger partial charge is 0.225 e. The molecule has 1 amide bonds. The predicted octanol–water partition coefficient (Wildman–Crippen LogP) is 3.00. The Morgan fingerprint density at radius 3 is 2.21 bits per heavy atom. The summed E-state index contributed by atoms with van der Waals surface area (Å²) in [6, 6.07) is 0.468. The number of hydrogen-bond donors (Lipinski definition) is 0. The van der Waals surface area contributed by atoms with Crippen LogP contribution in [0, 0.1) is 11.8 Å². The van der Waals surface area contributed by atoms with Gasteiger partial charge in [-0.2, -0.15) is 0 Å². The molecule has 3 nitrogen and oxygen atoms in total. The van der Waals surface area contributed by atoms with Crippen LogP contribution in [0.2, 0.25) is 0 Å². The van der Waals surface area contributed by atoms with E-state index in [1.807, 2.05) is 13.8 Å². The van der Waals surface area contributed by atoms with E-state index in [-0.39, 0.29) is 5.92 Å². The van der Waals surface area contributed by atoms with Crippen molar-refractivity contribution in [3.8, 4) is 0 Å². The summed E-state index contributed by atoms with van der Waals surface area (Å²) in [5.74, 6) is 1.23. The number of carbonyl (C=O) groups is 1. The summed E-state index contributed by atoms with van der Waals surface area (Å²) < 4.78 is 0. The zero-order valence-corrected chi connectivity index (χ0v) is 13.5. The van der Waals surface area contributed by atoms with Crippen molar-refractivity contribution in [2.45, 2.75) is 59.9 Å². The maximum Gasteiger partial charge on any atom is 0.225 e. The maximum atomic E-state index is 12.2. The molecule has 3 heteroatoms. The van der Waals surface area contributed by atoms with Crippen molar-refractivity contribution in [2.24, 2.45) is 11.8 Å². The fraction of sp³-hybridized carbons (Fsp3) is 0.938. The van der Waals surface area contributed by atoms with E-state index in [0.29, 0.717) is 11.9 Å². The van der Waals surface area contributed by atoms with Crippen molar-refractivity contribution < 1.29 is 4.79 Å². The first-order valence-corrected chi connectivity index (χ1v) is 7.98. The first kappa shape index (κ1) is 16.5. The minimum absolute atomic E-state index is 0.124. The van der Waals surface area contributed by atoms with Crippen LogP contribution in [-0.2, 0) is 4.79 Å². The SMILES string of the molecule is CCN(C(=O)C(C)C)C1CCN(CCC(C)C)CC1. The third kappa shape index (κ3) is 5.13. The van der Waals surface area contributed by atoms with Gasteiger partial charge in [0.25, 0.3) is 0 Å². The van der Waals surface area contributed by atoms with Gasteiger partial charge in [-0.3, -0.25) is 4.79 Å². The largest absolute Gasteiger partial charge is 0.340 e. The molecule has 0 unspecified atom stereocenters. The van der Waals surface area contributed by atoms with Crippen LogP contribution in [0.3, 0.4) is 0 Å². The van der Waals surface area contributed by atoms with Crippen LogP contribution < -0.4 is 0 Å². The fourth-order valence-corrected chi connectivity index (χ4v) is 2.82. The van der Waals surface area contributed by atoms with E-state index < -0.39 is 0 Å². The first-order chi connectivity index (χ1) is 8.95. The Hall–Kier alpha value is -0.570. The Bertz CT molecular complexity index is 268. The summed E-state index contributed by atoms with van der Waals surface area (Å²) in [7, 11) is 0. The standard InChI is InChI=1S/C16H32N2O/c1-6-18(16(19)14(4)5)15-8-11-17(12-9-15)10-7-13(2)3/h13-15H,6-12H2,1-5H3. The summed E-state index contributed by atoms with van der Waals surface area (Å²) in [6.07, 6.45) is 3.57. The molecule has 1 saturated heterocycles. The molecule has 0 bridgehead atoms. The predicted molar refractivity (Wildman–Crippen MR) is 81.1 cm³/mol. The van der Waals surface area contributed by atoms with Gasteiger partial charge in [0.05, 0.1) is 0 Å². The molecule has 112 valence electrons. The molecule has 0 radical (unpaired) electrons. The normalized spacial score (nSPS) is 18.3. The third-order valence-corrected chi connectivity index (χ3v) is 4.14. The second kappa shape index (κ2) is 7.88. The van der Waals surface area contributed by atoms with Gasteiger partial charge in [-0.05, 0) is 38.6 Å². The number of piperidine rings is 1. The molecule has 1 rings (SSSR count). The number of nitrogens with zero attached hydrogens (tertiary/aromatic N) is 2. The Kier molecular flexibility index (Phi) is 6.84. The molecule has 0 aliphatic carbocycles. The summed E-state index contributed by atoms with van der Waals surface area (Å²) >= 11 is 0. The van der Waals surface area contributed by atoms with Gasteiger partial charge in [-0.25, -0.2) is 0 Å². The van der Waals surface area contributed by atoms with Crippen LogP contribution in [0.5, 0.6) is 0 Å². The minimum Gasteiger partial charge on any atom is -0.340 e. The highest BCUT2D eigenvalue weighted by Crippen LogP contribution is 2.19. The molecular formula is C16H32N2O. The second-order valence-corrected chi connectivity index (χ2v) is 6.53. The van der Waals surface area contributed by atoms with Crippen molar-refractivity contribution in [3.05, 3.63) is 0 Å². The van der Waals surface area contributed by atoms with Gasteiger partial charge >= 0.3 is 0 Å². The Balaban J connectivity index is 2.41. The molecule has 0 saturated carbocycles. The summed E-state index contributed by atoms with van der Waals surface area (Å²) in [6.45, 7) is 15.1. The van der Waals surface area contributed by atoms with Gasteiger partial charge in [0.15, 0.2) is 0 Å². The van der Waals surface area contributed by atoms with Crippen LogP contribution in [0.4, 0.5) is 0 Å². The van der Waals surface area contributed by atoms with E-state index in [9.17, 15) is 4.79 Å². The Morgan fingerprint density at radius 2 is 1.79 bits per heavy atom. The van der Waals surface area contributed by atoms with Gasteiger partial charge in [0.1, 0.15) is 0 Å². The summed E-state index contributed by atoms with van der Waals surface area (Å²) in [4.78, 5) is 16.8. The number of amides is 1. The van der Waals surface area contributed by atoms with Crippen LogP contribution in [0.15, 0.2) is 0 Å². The zero-order valence-electron chi connectivity index (χ0n) is 13.5. The van der Waals surface area contributed by atoms with E-state index in [2.05, 4.69) is 30.6 Å². The summed E-state index contributed by atoms with van der Waals surface area (Å²) in [5.41, 5.74) is 0. The lowest BCUT2D eigenvalue weighted by molar-refractivity contribution is -0.137. The number of rotatable bonds is 6. The highest BCUT2D eigenvalue weighted by atomic mass is 16.2. The summed E-state index contributed by atoms with van der Waals surface area (Å²) in [5, 5.41) is 0. The fourth-order valence-electron chi connectivity index (χ4n) is 2.82. The quantitative estimate of drug-likeness (QED) is 0.739. The lowest BCUT2D eigenvalue weighted by Gasteiger charge is -2.39. The van der Waals surface area contributed by atoms with Crippen molar-refractivity contribution in [1.29, 1.82) is 0 Å². The average molecular weight is 268 g/mol. The molecule has 1 fully saturated rings. The maximum absolute atomic E-state index is 12.2. The monoisotopic (exact) mass is 268 g/mol. The molecule has 0 aromatic heterocycles. The second-order valence-electron chi connectivity index (χ2n) is 6.53. The van der Waals surface area contributed by atoms with Crippen molar-refractivity contribution in [2.75, 3.05) is 26.2 Å². The Morgan fingerprint density at radius 1 is 1.21 bits per heavy atom. The Labute approximate surface area is 119 Å². The van der Waals surface area contributed by atoms with Crippen molar-refractivity contribution in [3.63, 3.8) is 0 Å². The van der Waals surface area contributed by atoms with Gasteiger partial charge in [0.2, 0.25) is 5.91 Å². The molecule has 0 aromatic rings. The molecule has 0 N–H and O–H groups in total. The molecule has 0 spiro atoms. The van der Waals surface area contributed by atoms with E-state index in [1.165, 1.54) is 13.0 Å². The zero-order chi connectivity index (χ0) is 14.4. The molecule has 0 atom stereocenters. The van der Waals surface area contributed by atoms with Crippen LogP contribution >= 0.6 is 0 Å². The molecule has 0 aromatic carbocycles. The van der Waals surface area contributed by atoms with Gasteiger partial charge < -0.3 is 9.80 Å². The van der Waals surface area contributed by atoms with E-state index in [4.69, 9.17) is 0 Å². The van der Waals surface area contributed by atoms with E-state index >= 15 is 0 Å². The average Bonchev–Trinajstić information content (AvgIpc) is 2.38. The van der Waals surface area contributed by atoms with Crippen molar-refractivity contribution in [1.82, 2.24) is 9.80 Å².